The van der Waals surface area contributed by atoms with E-state index in [1.165, 1.54) is 37.3 Å². The summed E-state index contributed by atoms with van der Waals surface area (Å²) in [6, 6.07) is 9.15. The number of rotatable bonds is 3. The molecule has 2 aliphatic heterocycles. The van der Waals surface area contributed by atoms with Crippen LogP contribution in [0.1, 0.15) is 37.7 Å². The molecular formula is C17H26N2O. The molecule has 2 fully saturated rings. The Kier molecular flexibility index (Phi) is 4.27. The second-order valence-electron chi connectivity index (χ2n) is 6.19. The maximum atomic E-state index is 9.58. The van der Waals surface area contributed by atoms with Crippen molar-refractivity contribution in [3.05, 3.63) is 29.8 Å². The maximum Gasteiger partial charge on any atom is 0.0574 e. The predicted molar refractivity (Wildman–Crippen MR) is 83.4 cm³/mol. The first kappa shape index (κ1) is 13.9. The topological polar surface area (TPSA) is 26.7 Å². The molecular weight excluding hydrogens is 248 g/mol. The van der Waals surface area contributed by atoms with Crippen molar-refractivity contribution in [1.82, 2.24) is 4.90 Å². The zero-order valence-electron chi connectivity index (χ0n) is 12.5. The number of piperidine rings is 1. The van der Waals surface area contributed by atoms with Gasteiger partial charge < -0.3 is 14.9 Å². The minimum absolute atomic E-state index is 0.0935. The van der Waals surface area contributed by atoms with Gasteiger partial charge in [-0.05, 0) is 56.0 Å². The van der Waals surface area contributed by atoms with Crippen molar-refractivity contribution < 1.29 is 5.11 Å². The van der Waals surface area contributed by atoms with Crippen LogP contribution >= 0.6 is 0 Å². The van der Waals surface area contributed by atoms with Crippen LogP contribution in [0.15, 0.2) is 24.3 Å². The third-order valence-electron chi connectivity index (χ3n) is 4.91. The van der Waals surface area contributed by atoms with Crippen LogP contribution in [0, 0.1) is 0 Å². The van der Waals surface area contributed by atoms with Crippen molar-refractivity contribution in [2.75, 3.05) is 37.6 Å². The molecule has 2 saturated heterocycles. The number of anilines is 1. The fraction of sp³-hybridized carbons (Fsp3) is 0.647. The molecule has 1 atom stereocenters. The minimum Gasteiger partial charge on any atom is -0.393 e. The zero-order chi connectivity index (χ0) is 13.9. The summed E-state index contributed by atoms with van der Waals surface area (Å²) >= 11 is 0. The van der Waals surface area contributed by atoms with Crippen LogP contribution in [-0.4, -0.2) is 48.8 Å². The van der Waals surface area contributed by atoms with E-state index in [0.29, 0.717) is 5.92 Å². The lowest BCUT2D eigenvalue weighted by Gasteiger charge is -2.31. The summed E-state index contributed by atoms with van der Waals surface area (Å²) < 4.78 is 0. The Bertz CT molecular complexity index is 402. The normalized spacial score (nSPS) is 25.3. The largest absolute Gasteiger partial charge is 0.393 e. The first-order valence-electron chi connectivity index (χ1n) is 8.01. The van der Waals surface area contributed by atoms with Crippen molar-refractivity contribution in [2.24, 2.45) is 0 Å². The van der Waals surface area contributed by atoms with Crippen LogP contribution in [0.2, 0.25) is 0 Å². The molecule has 0 radical (unpaired) electrons. The van der Waals surface area contributed by atoms with Crippen LogP contribution < -0.4 is 4.90 Å². The number of likely N-dealkylation sites (tertiary alicyclic amines) is 1. The van der Waals surface area contributed by atoms with Crippen molar-refractivity contribution in [3.8, 4) is 0 Å². The summed E-state index contributed by atoms with van der Waals surface area (Å²) in [5, 5.41) is 9.58. The summed E-state index contributed by atoms with van der Waals surface area (Å²) in [7, 11) is 0. The van der Waals surface area contributed by atoms with E-state index in [0.717, 1.165) is 25.9 Å². The van der Waals surface area contributed by atoms with Gasteiger partial charge in [0.1, 0.15) is 0 Å². The monoisotopic (exact) mass is 274 g/mol. The Balaban J connectivity index is 1.63. The van der Waals surface area contributed by atoms with Gasteiger partial charge in [0, 0.05) is 25.3 Å². The van der Waals surface area contributed by atoms with Gasteiger partial charge in [0.25, 0.3) is 0 Å². The average molecular weight is 274 g/mol. The molecule has 0 spiro atoms. The Labute approximate surface area is 122 Å². The minimum atomic E-state index is -0.0935. The Morgan fingerprint density at radius 3 is 2.35 bits per heavy atom. The number of aliphatic hydroxyl groups excluding tert-OH is 1. The van der Waals surface area contributed by atoms with Crippen LogP contribution in [0.25, 0.3) is 0 Å². The highest BCUT2D eigenvalue weighted by Crippen LogP contribution is 2.29. The Hall–Kier alpha value is -1.06. The van der Waals surface area contributed by atoms with Gasteiger partial charge in [-0.15, -0.1) is 0 Å². The van der Waals surface area contributed by atoms with E-state index in [-0.39, 0.29) is 6.10 Å². The smallest absolute Gasteiger partial charge is 0.0574 e. The molecule has 1 aromatic rings. The van der Waals surface area contributed by atoms with Crippen LogP contribution in [0.3, 0.4) is 0 Å². The zero-order valence-corrected chi connectivity index (χ0v) is 12.5. The lowest BCUT2D eigenvalue weighted by atomic mass is 9.98. The van der Waals surface area contributed by atoms with Crippen LogP contribution in [0.5, 0.6) is 0 Å². The number of likely N-dealkylation sites (N-methyl/N-ethyl adjacent to an activating group) is 1. The summed E-state index contributed by atoms with van der Waals surface area (Å²) in [5.74, 6) is 0.715. The molecule has 0 saturated carbocycles. The quantitative estimate of drug-likeness (QED) is 0.917. The number of aliphatic hydroxyl groups is 1. The van der Waals surface area contributed by atoms with Crippen molar-refractivity contribution in [1.29, 1.82) is 0 Å². The summed E-state index contributed by atoms with van der Waals surface area (Å²) in [4.78, 5) is 4.92. The molecule has 3 nitrogen and oxygen atoms in total. The lowest BCUT2D eigenvalue weighted by Crippen LogP contribution is -2.35. The average Bonchev–Trinajstić information content (AvgIpc) is 2.97. The third kappa shape index (κ3) is 2.99. The van der Waals surface area contributed by atoms with E-state index in [1.807, 2.05) is 0 Å². The predicted octanol–water partition coefficient (Wildman–Crippen LogP) is 2.46. The first-order valence-corrected chi connectivity index (χ1v) is 8.01. The van der Waals surface area contributed by atoms with Crippen molar-refractivity contribution in [3.63, 3.8) is 0 Å². The highest BCUT2D eigenvalue weighted by atomic mass is 16.3. The van der Waals surface area contributed by atoms with E-state index < -0.39 is 0 Å². The van der Waals surface area contributed by atoms with E-state index >= 15 is 0 Å². The third-order valence-corrected chi connectivity index (χ3v) is 4.91. The van der Waals surface area contributed by atoms with Crippen molar-refractivity contribution in [2.45, 2.75) is 38.2 Å². The van der Waals surface area contributed by atoms with Gasteiger partial charge in [0.2, 0.25) is 0 Å². The molecule has 3 rings (SSSR count). The summed E-state index contributed by atoms with van der Waals surface area (Å²) in [6.45, 7) is 7.83. The number of benzene rings is 1. The van der Waals surface area contributed by atoms with Gasteiger partial charge in [-0.25, -0.2) is 0 Å². The lowest BCUT2D eigenvalue weighted by molar-refractivity contribution is 0.145. The molecule has 0 aliphatic carbocycles. The van der Waals surface area contributed by atoms with Gasteiger partial charge in [0.05, 0.1) is 6.10 Å². The first-order chi connectivity index (χ1) is 9.76. The van der Waals surface area contributed by atoms with Gasteiger partial charge in [-0.1, -0.05) is 19.1 Å². The fourth-order valence-corrected chi connectivity index (χ4v) is 3.47. The van der Waals surface area contributed by atoms with Crippen LogP contribution in [-0.2, 0) is 0 Å². The molecule has 1 N–H and O–H groups in total. The molecule has 0 bridgehead atoms. The Morgan fingerprint density at radius 1 is 1.05 bits per heavy atom. The second-order valence-corrected chi connectivity index (χ2v) is 6.19. The Morgan fingerprint density at radius 2 is 1.75 bits per heavy atom. The van der Waals surface area contributed by atoms with E-state index in [2.05, 4.69) is 41.0 Å². The molecule has 2 aliphatic rings. The van der Waals surface area contributed by atoms with E-state index in [1.54, 1.807) is 0 Å². The molecule has 0 amide bonds. The fourth-order valence-electron chi connectivity index (χ4n) is 3.47. The van der Waals surface area contributed by atoms with Crippen molar-refractivity contribution >= 4 is 5.69 Å². The van der Waals surface area contributed by atoms with Gasteiger partial charge in [0.15, 0.2) is 0 Å². The van der Waals surface area contributed by atoms with Gasteiger partial charge >= 0.3 is 0 Å². The number of hydrogen-bond donors (Lipinski definition) is 1. The molecule has 1 aromatic carbocycles. The number of hydrogen-bond acceptors (Lipinski definition) is 3. The van der Waals surface area contributed by atoms with E-state index in [9.17, 15) is 5.11 Å². The molecule has 0 aromatic heterocycles. The summed E-state index contributed by atoms with van der Waals surface area (Å²) in [5.41, 5.74) is 2.80. The van der Waals surface area contributed by atoms with Gasteiger partial charge in [-0.2, -0.15) is 0 Å². The maximum absolute atomic E-state index is 9.58. The summed E-state index contributed by atoms with van der Waals surface area (Å²) in [6.07, 6.45) is 3.00. The standard InChI is InChI=1S/C17H26N2O/c1-2-18-10-7-15(13-18)14-3-5-16(6-4-14)19-11-8-17(20)9-12-19/h3-6,15,17,20H,2,7-13H2,1H3. The van der Waals surface area contributed by atoms with Gasteiger partial charge in [-0.3, -0.25) is 0 Å². The highest BCUT2D eigenvalue weighted by molar-refractivity contribution is 5.48. The number of nitrogens with zero attached hydrogens (tertiary/aromatic N) is 2. The molecule has 110 valence electrons. The SMILES string of the molecule is CCN1CCC(c2ccc(N3CCC(O)CC3)cc2)C1. The second kappa shape index (κ2) is 6.15. The molecule has 3 heteroatoms. The molecule has 2 heterocycles. The van der Waals surface area contributed by atoms with Crippen LogP contribution in [0.4, 0.5) is 5.69 Å². The highest BCUT2D eigenvalue weighted by Gasteiger charge is 2.23. The van der Waals surface area contributed by atoms with E-state index in [4.69, 9.17) is 0 Å². The molecule has 20 heavy (non-hydrogen) atoms. The molecule has 1 unspecified atom stereocenters.